The molecule has 3 aromatic rings. The van der Waals surface area contributed by atoms with Gasteiger partial charge in [0.05, 0.1) is 6.04 Å². The minimum atomic E-state index is -0.677. The van der Waals surface area contributed by atoms with Crippen LogP contribution in [0.4, 0.5) is 11.4 Å². The van der Waals surface area contributed by atoms with Gasteiger partial charge in [-0.25, -0.2) is 0 Å². The monoisotopic (exact) mass is 315 g/mol. The largest absolute Gasteiger partial charge is 0.386 e. The quantitative estimate of drug-likeness (QED) is 0.639. The van der Waals surface area contributed by atoms with Crippen LogP contribution in [-0.2, 0) is 0 Å². The highest BCUT2D eigenvalue weighted by atomic mass is 16.3. The first-order valence-electron chi connectivity index (χ1n) is 8.06. The van der Waals surface area contributed by atoms with Gasteiger partial charge in [-0.3, -0.25) is 0 Å². The van der Waals surface area contributed by atoms with Gasteiger partial charge in [0.15, 0.2) is 0 Å². The van der Waals surface area contributed by atoms with Crippen LogP contribution in [0, 0.1) is 0 Å². The average molecular weight is 315 g/mol. The van der Waals surface area contributed by atoms with Crippen molar-refractivity contribution >= 4 is 11.4 Å². The van der Waals surface area contributed by atoms with Crippen molar-refractivity contribution in [2.75, 3.05) is 4.90 Å². The zero-order valence-electron chi connectivity index (χ0n) is 13.5. The molecule has 2 atom stereocenters. The molecule has 0 unspecified atom stereocenters. The van der Waals surface area contributed by atoms with Crippen LogP contribution in [0.25, 0.3) is 0 Å². The lowest BCUT2D eigenvalue weighted by molar-refractivity contribution is 0.163. The average Bonchev–Trinajstić information content (AvgIpc) is 2.67. The second-order valence-corrected chi connectivity index (χ2v) is 5.62. The first kappa shape index (κ1) is 16.0. The van der Waals surface area contributed by atoms with E-state index in [9.17, 15) is 5.11 Å². The van der Waals surface area contributed by atoms with Crippen molar-refractivity contribution in [2.24, 2.45) is 0 Å². The Labute approximate surface area is 143 Å². The number of anilines is 2. The van der Waals surface area contributed by atoms with Gasteiger partial charge in [0.1, 0.15) is 6.10 Å². The highest BCUT2D eigenvalue weighted by Crippen LogP contribution is 2.33. The van der Waals surface area contributed by atoms with E-state index >= 15 is 0 Å². The summed E-state index contributed by atoms with van der Waals surface area (Å²) in [7, 11) is 0. The molecule has 0 saturated carbocycles. The number of benzene rings is 3. The zero-order valence-corrected chi connectivity index (χ0v) is 13.5. The Bertz CT molecular complexity index is 716. The summed E-state index contributed by atoms with van der Waals surface area (Å²) in [5.41, 5.74) is 2.91. The zero-order chi connectivity index (χ0) is 16.8. The molecule has 0 spiro atoms. The van der Waals surface area contributed by atoms with E-state index in [1.165, 1.54) is 0 Å². The van der Waals surface area contributed by atoms with Gasteiger partial charge < -0.3 is 10.0 Å². The first-order valence-corrected chi connectivity index (χ1v) is 8.06. The molecule has 1 N–H and O–H groups in total. The summed E-state index contributed by atoms with van der Waals surface area (Å²) in [6.45, 7) is 3.98. The van der Waals surface area contributed by atoms with E-state index in [4.69, 9.17) is 0 Å². The number of para-hydroxylation sites is 2. The second kappa shape index (κ2) is 7.62. The van der Waals surface area contributed by atoms with Gasteiger partial charge in [-0.05, 0) is 29.8 Å². The van der Waals surface area contributed by atoms with Crippen LogP contribution in [0.3, 0.4) is 0 Å². The summed E-state index contributed by atoms with van der Waals surface area (Å²) < 4.78 is 0. The van der Waals surface area contributed by atoms with Gasteiger partial charge in [0.25, 0.3) is 0 Å². The summed E-state index contributed by atoms with van der Waals surface area (Å²) in [5.74, 6) is 0. The van der Waals surface area contributed by atoms with Gasteiger partial charge in [-0.2, -0.15) is 0 Å². The van der Waals surface area contributed by atoms with Crippen LogP contribution in [0.2, 0.25) is 0 Å². The van der Waals surface area contributed by atoms with Crippen molar-refractivity contribution in [3.05, 3.63) is 109 Å². The highest BCUT2D eigenvalue weighted by molar-refractivity contribution is 5.65. The van der Waals surface area contributed by atoms with Crippen LogP contribution in [0.15, 0.2) is 104 Å². The Morgan fingerprint density at radius 2 is 1.12 bits per heavy atom. The third-order valence-corrected chi connectivity index (χ3v) is 4.07. The number of aliphatic hydroxyl groups excluding tert-OH is 1. The lowest BCUT2D eigenvalue weighted by Gasteiger charge is -2.35. The molecule has 3 rings (SSSR count). The fraction of sp³-hybridized carbons (Fsp3) is 0.0909. The maximum absolute atomic E-state index is 11.0. The van der Waals surface area contributed by atoms with Crippen LogP contribution in [0.1, 0.15) is 11.7 Å². The van der Waals surface area contributed by atoms with Crippen molar-refractivity contribution in [2.45, 2.75) is 12.1 Å². The van der Waals surface area contributed by atoms with E-state index in [2.05, 4.69) is 11.5 Å². The molecule has 0 fully saturated rings. The SMILES string of the molecule is C=C[C@@H]([C@H](O)c1ccccc1)N(c1ccccc1)c1ccccc1. The molecule has 120 valence electrons. The maximum atomic E-state index is 11.0. The first-order chi connectivity index (χ1) is 11.8. The van der Waals surface area contributed by atoms with E-state index in [0.717, 1.165) is 16.9 Å². The molecule has 0 aliphatic carbocycles. The normalized spacial score (nSPS) is 13.0. The lowest BCUT2D eigenvalue weighted by Crippen LogP contribution is -2.34. The molecule has 0 amide bonds. The number of hydrogen-bond donors (Lipinski definition) is 1. The number of hydrogen-bond acceptors (Lipinski definition) is 2. The highest BCUT2D eigenvalue weighted by Gasteiger charge is 2.26. The van der Waals surface area contributed by atoms with Gasteiger partial charge in [0, 0.05) is 11.4 Å². The molecule has 3 aromatic carbocycles. The Morgan fingerprint density at radius 1 is 0.708 bits per heavy atom. The Kier molecular flexibility index (Phi) is 5.09. The minimum absolute atomic E-state index is 0.280. The molecule has 0 heterocycles. The molecule has 0 aliphatic heterocycles. The van der Waals surface area contributed by atoms with Crippen molar-refractivity contribution < 1.29 is 5.11 Å². The van der Waals surface area contributed by atoms with Crippen molar-refractivity contribution in [3.63, 3.8) is 0 Å². The molecule has 0 saturated heterocycles. The third kappa shape index (κ3) is 3.39. The summed E-state index contributed by atoms with van der Waals surface area (Å²) >= 11 is 0. The van der Waals surface area contributed by atoms with Gasteiger partial charge >= 0.3 is 0 Å². The van der Waals surface area contributed by atoms with Gasteiger partial charge in [0.2, 0.25) is 0 Å². The van der Waals surface area contributed by atoms with Crippen LogP contribution < -0.4 is 4.90 Å². The summed E-state index contributed by atoms with van der Waals surface area (Å²) in [6.07, 6.45) is 1.13. The maximum Gasteiger partial charge on any atom is 0.103 e. The number of nitrogens with zero attached hydrogens (tertiary/aromatic N) is 1. The number of aliphatic hydroxyl groups is 1. The smallest absolute Gasteiger partial charge is 0.103 e. The minimum Gasteiger partial charge on any atom is -0.386 e. The van der Waals surface area contributed by atoms with E-state index in [0.29, 0.717) is 0 Å². The molecular formula is C22H21NO. The summed E-state index contributed by atoms with van der Waals surface area (Å²) in [5, 5.41) is 11.0. The topological polar surface area (TPSA) is 23.5 Å². The Balaban J connectivity index is 2.05. The van der Waals surface area contributed by atoms with Gasteiger partial charge in [-0.15, -0.1) is 6.58 Å². The van der Waals surface area contributed by atoms with E-state index < -0.39 is 6.10 Å². The van der Waals surface area contributed by atoms with Crippen LogP contribution in [-0.4, -0.2) is 11.1 Å². The van der Waals surface area contributed by atoms with Crippen LogP contribution in [0.5, 0.6) is 0 Å². The van der Waals surface area contributed by atoms with Crippen molar-refractivity contribution in [1.29, 1.82) is 0 Å². The van der Waals surface area contributed by atoms with Crippen LogP contribution >= 0.6 is 0 Å². The summed E-state index contributed by atoms with van der Waals surface area (Å²) in [4.78, 5) is 2.12. The molecular weight excluding hydrogens is 294 g/mol. The molecule has 0 bridgehead atoms. The standard InChI is InChI=1S/C22H21NO/c1-2-21(22(24)18-12-6-3-7-13-18)23(19-14-8-4-9-15-19)20-16-10-5-11-17-20/h2-17,21-22,24H,1H2/t21-,22+/m0/s1. The molecule has 0 aliphatic rings. The van der Waals surface area contributed by atoms with Crippen molar-refractivity contribution in [1.82, 2.24) is 0 Å². The molecule has 24 heavy (non-hydrogen) atoms. The van der Waals surface area contributed by atoms with Gasteiger partial charge in [-0.1, -0.05) is 72.8 Å². The number of rotatable bonds is 6. The second-order valence-electron chi connectivity index (χ2n) is 5.62. The third-order valence-electron chi connectivity index (χ3n) is 4.07. The molecule has 2 nitrogen and oxygen atoms in total. The van der Waals surface area contributed by atoms with Crippen molar-refractivity contribution in [3.8, 4) is 0 Å². The Morgan fingerprint density at radius 3 is 1.54 bits per heavy atom. The molecule has 2 heteroatoms. The Hall–Kier alpha value is -2.84. The fourth-order valence-corrected chi connectivity index (χ4v) is 2.89. The lowest BCUT2D eigenvalue weighted by atomic mass is 9.99. The fourth-order valence-electron chi connectivity index (χ4n) is 2.89. The molecule has 0 radical (unpaired) electrons. The predicted octanol–water partition coefficient (Wildman–Crippen LogP) is 5.11. The van der Waals surface area contributed by atoms with E-state index in [1.807, 2.05) is 91.0 Å². The summed E-state index contributed by atoms with van der Waals surface area (Å²) in [6, 6.07) is 29.6. The molecule has 0 aromatic heterocycles. The van der Waals surface area contributed by atoms with E-state index in [1.54, 1.807) is 6.08 Å². The van der Waals surface area contributed by atoms with E-state index in [-0.39, 0.29) is 6.04 Å². The predicted molar refractivity (Wildman–Crippen MR) is 100 cm³/mol.